The van der Waals surface area contributed by atoms with E-state index in [9.17, 15) is 4.79 Å². The summed E-state index contributed by atoms with van der Waals surface area (Å²) >= 11 is 14.7. The van der Waals surface area contributed by atoms with Crippen molar-refractivity contribution in [1.82, 2.24) is 5.32 Å². The average molecular weight is 595 g/mol. The predicted molar refractivity (Wildman–Crippen MR) is 140 cm³/mol. The molecule has 1 fully saturated rings. The van der Waals surface area contributed by atoms with Crippen molar-refractivity contribution >= 4 is 72.9 Å². The maximum Gasteiger partial charge on any atom is 0.260 e. The summed E-state index contributed by atoms with van der Waals surface area (Å²) in [6, 6.07) is 19.5. The minimum absolute atomic E-state index is 0.141. The normalized spacial score (nSPS) is 16.8. The highest BCUT2D eigenvalue weighted by atomic mass is 79.9. The van der Waals surface area contributed by atoms with Crippen LogP contribution in [0.15, 0.2) is 74.5 Å². The average Bonchev–Trinajstić information content (AvgIpc) is 3.09. The SMILES string of the molecule is Cc1ccc(Cl)cc1NC1NC(=O)/C(=C/c2cc(Br)cc(Br)c2OCc2ccccc2)S1. The fourth-order valence-electron chi connectivity index (χ4n) is 3.17. The van der Waals surface area contributed by atoms with E-state index in [0.29, 0.717) is 22.3 Å². The van der Waals surface area contributed by atoms with E-state index in [1.807, 2.05) is 73.7 Å². The van der Waals surface area contributed by atoms with Gasteiger partial charge in [0.15, 0.2) is 5.50 Å². The second-order valence-electron chi connectivity index (χ2n) is 7.16. The Morgan fingerprint density at radius 2 is 1.94 bits per heavy atom. The van der Waals surface area contributed by atoms with Gasteiger partial charge in [-0.3, -0.25) is 4.79 Å². The van der Waals surface area contributed by atoms with Crippen molar-refractivity contribution in [2.75, 3.05) is 5.32 Å². The van der Waals surface area contributed by atoms with Crippen molar-refractivity contribution in [3.05, 3.63) is 96.2 Å². The molecule has 0 saturated carbocycles. The van der Waals surface area contributed by atoms with Crippen LogP contribution in [0.3, 0.4) is 0 Å². The van der Waals surface area contributed by atoms with Gasteiger partial charge in [-0.15, -0.1) is 0 Å². The van der Waals surface area contributed by atoms with Crippen LogP contribution in [0, 0.1) is 6.92 Å². The summed E-state index contributed by atoms with van der Waals surface area (Å²) in [6.07, 6.45) is 1.85. The number of halogens is 3. The lowest BCUT2D eigenvalue weighted by Gasteiger charge is -2.15. The maximum absolute atomic E-state index is 12.7. The van der Waals surface area contributed by atoms with Gasteiger partial charge < -0.3 is 15.4 Å². The molecular weight excluding hydrogens is 576 g/mol. The highest BCUT2D eigenvalue weighted by Crippen LogP contribution is 2.38. The number of carbonyl (C=O) groups excluding carboxylic acids is 1. The molecule has 1 unspecified atom stereocenters. The molecule has 3 aromatic carbocycles. The van der Waals surface area contributed by atoms with Crippen LogP contribution in [0.5, 0.6) is 5.75 Å². The molecule has 4 rings (SSSR count). The third-order valence-corrected chi connectivity index (χ3v) is 7.08. The second-order valence-corrected chi connectivity index (χ2v) is 10.5. The zero-order valence-electron chi connectivity index (χ0n) is 17.0. The Balaban J connectivity index is 1.56. The predicted octanol–water partition coefficient (Wildman–Crippen LogP) is 7.35. The number of nitrogens with one attached hydrogen (secondary N) is 2. The third kappa shape index (κ3) is 5.70. The first-order valence-corrected chi connectivity index (χ1v) is 12.6. The van der Waals surface area contributed by atoms with Gasteiger partial charge in [-0.2, -0.15) is 0 Å². The number of aryl methyl sites for hydroxylation is 1. The molecule has 0 aliphatic carbocycles. The molecular formula is C24H19Br2ClN2O2S. The van der Waals surface area contributed by atoms with Crippen LogP contribution in [-0.4, -0.2) is 11.4 Å². The molecule has 4 nitrogen and oxygen atoms in total. The molecule has 1 aliphatic rings. The lowest BCUT2D eigenvalue weighted by atomic mass is 10.1. The molecule has 0 spiro atoms. The molecule has 1 aliphatic heterocycles. The lowest BCUT2D eigenvalue weighted by Crippen LogP contribution is -2.31. The fourth-order valence-corrected chi connectivity index (χ4v) is 5.68. The van der Waals surface area contributed by atoms with E-state index in [2.05, 4.69) is 42.5 Å². The van der Waals surface area contributed by atoms with Crippen molar-refractivity contribution in [1.29, 1.82) is 0 Å². The summed E-state index contributed by atoms with van der Waals surface area (Å²) in [4.78, 5) is 13.3. The zero-order valence-corrected chi connectivity index (χ0v) is 21.7. The minimum Gasteiger partial charge on any atom is -0.487 e. The zero-order chi connectivity index (χ0) is 22.7. The molecule has 164 valence electrons. The Kier molecular flexibility index (Phi) is 7.51. The quantitative estimate of drug-likeness (QED) is 0.293. The monoisotopic (exact) mass is 592 g/mol. The number of carbonyl (C=O) groups is 1. The van der Waals surface area contributed by atoms with E-state index in [4.69, 9.17) is 16.3 Å². The Morgan fingerprint density at radius 3 is 2.72 bits per heavy atom. The van der Waals surface area contributed by atoms with Gasteiger partial charge in [0, 0.05) is 20.7 Å². The van der Waals surface area contributed by atoms with Crippen LogP contribution in [0.4, 0.5) is 5.69 Å². The van der Waals surface area contributed by atoms with Crippen LogP contribution < -0.4 is 15.4 Å². The highest BCUT2D eigenvalue weighted by Gasteiger charge is 2.28. The summed E-state index contributed by atoms with van der Waals surface area (Å²) in [5.74, 6) is 0.539. The summed E-state index contributed by atoms with van der Waals surface area (Å²) in [7, 11) is 0. The topological polar surface area (TPSA) is 50.4 Å². The van der Waals surface area contributed by atoms with Gasteiger partial charge in [0.1, 0.15) is 12.4 Å². The van der Waals surface area contributed by atoms with E-state index in [1.165, 1.54) is 11.8 Å². The van der Waals surface area contributed by atoms with Gasteiger partial charge in [0.25, 0.3) is 5.91 Å². The first kappa shape index (κ1) is 23.2. The third-order valence-electron chi connectivity index (χ3n) is 4.77. The maximum atomic E-state index is 12.7. The Bertz CT molecular complexity index is 1190. The molecule has 2 N–H and O–H groups in total. The number of hydrogen-bond donors (Lipinski definition) is 2. The van der Waals surface area contributed by atoms with E-state index in [0.717, 1.165) is 31.3 Å². The molecule has 8 heteroatoms. The van der Waals surface area contributed by atoms with E-state index in [-0.39, 0.29) is 11.4 Å². The van der Waals surface area contributed by atoms with Crippen molar-refractivity contribution in [2.45, 2.75) is 19.0 Å². The first-order chi connectivity index (χ1) is 15.4. The van der Waals surface area contributed by atoms with E-state index >= 15 is 0 Å². The van der Waals surface area contributed by atoms with Crippen LogP contribution in [0.25, 0.3) is 6.08 Å². The molecule has 1 heterocycles. The Labute approximate surface area is 213 Å². The number of ether oxygens (including phenoxy) is 1. The van der Waals surface area contributed by atoms with E-state index < -0.39 is 0 Å². The standard InChI is InChI=1S/C24H19Br2ClN2O2S/c1-14-7-8-18(27)12-20(14)28-24-29-23(30)21(32-24)10-16-9-17(25)11-19(26)22(16)31-13-15-5-3-2-4-6-15/h2-12,24,28H,13H2,1H3,(H,29,30)/b21-10-. The molecule has 1 saturated heterocycles. The first-order valence-electron chi connectivity index (χ1n) is 9.77. The number of amides is 1. The molecule has 0 radical (unpaired) electrons. The van der Waals surface area contributed by atoms with Crippen LogP contribution in [0.1, 0.15) is 16.7 Å². The lowest BCUT2D eigenvalue weighted by molar-refractivity contribution is -0.116. The number of rotatable bonds is 6. The van der Waals surface area contributed by atoms with E-state index in [1.54, 1.807) is 0 Å². The van der Waals surface area contributed by atoms with Crippen LogP contribution in [0.2, 0.25) is 5.02 Å². The fraction of sp³-hybridized carbons (Fsp3) is 0.125. The molecule has 1 amide bonds. The van der Waals surface area contributed by atoms with Crippen LogP contribution >= 0.6 is 55.2 Å². The van der Waals surface area contributed by atoms with Crippen molar-refractivity contribution in [3.8, 4) is 5.75 Å². The van der Waals surface area contributed by atoms with Gasteiger partial charge in [-0.1, -0.05) is 75.7 Å². The van der Waals surface area contributed by atoms with Gasteiger partial charge in [0.2, 0.25) is 0 Å². The summed E-state index contributed by atoms with van der Waals surface area (Å²) < 4.78 is 7.82. The summed E-state index contributed by atoms with van der Waals surface area (Å²) in [5.41, 5.74) is 3.51. The molecule has 0 bridgehead atoms. The number of anilines is 1. The second kappa shape index (κ2) is 10.3. The smallest absolute Gasteiger partial charge is 0.260 e. The Morgan fingerprint density at radius 1 is 1.16 bits per heavy atom. The summed E-state index contributed by atoms with van der Waals surface area (Å²) in [5, 5.41) is 6.94. The van der Waals surface area contributed by atoms with Crippen molar-refractivity contribution in [2.24, 2.45) is 0 Å². The molecule has 3 aromatic rings. The molecule has 32 heavy (non-hydrogen) atoms. The highest BCUT2D eigenvalue weighted by molar-refractivity contribution is 9.11. The van der Waals surface area contributed by atoms with Gasteiger partial charge in [-0.25, -0.2) is 0 Å². The number of hydrogen-bond acceptors (Lipinski definition) is 4. The van der Waals surface area contributed by atoms with Gasteiger partial charge >= 0.3 is 0 Å². The number of benzene rings is 3. The van der Waals surface area contributed by atoms with Crippen LogP contribution in [-0.2, 0) is 11.4 Å². The van der Waals surface area contributed by atoms with Crippen molar-refractivity contribution in [3.63, 3.8) is 0 Å². The molecule has 1 atom stereocenters. The van der Waals surface area contributed by atoms with Gasteiger partial charge in [0.05, 0.1) is 9.38 Å². The van der Waals surface area contributed by atoms with Gasteiger partial charge in [-0.05, 0) is 64.3 Å². The molecule has 0 aromatic heterocycles. The minimum atomic E-state index is -0.296. The van der Waals surface area contributed by atoms with Crippen molar-refractivity contribution < 1.29 is 9.53 Å². The number of thioether (sulfide) groups is 1. The summed E-state index contributed by atoms with van der Waals surface area (Å²) in [6.45, 7) is 2.42. The largest absolute Gasteiger partial charge is 0.487 e. The Hall–Kier alpha value is -1.93.